The summed E-state index contributed by atoms with van der Waals surface area (Å²) in [5, 5.41) is 9.30. The van der Waals surface area contributed by atoms with Gasteiger partial charge in [-0.15, -0.1) is 10.2 Å². The van der Waals surface area contributed by atoms with Crippen LogP contribution in [0.2, 0.25) is 5.02 Å². The van der Waals surface area contributed by atoms with Crippen molar-refractivity contribution in [2.75, 3.05) is 26.2 Å². The highest BCUT2D eigenvalue weighted by atomic mass is 35.5. The predicted octanol–water partition coefficient (Wildman–Crippen LogP) is 4.53. The van der Waals surface area contributed by atoms with Crippen LogP contribution in [0.25, 0.3) is 11.5 Å². The molecule has 0 radical (unpaired) electrons. The van der Waals surface area contributed by atoms with E-state index in [2.05, 4.69) is 27.2 Å². The molecule has 0 N–H and O–H groups in total. The van der Waals surface area contributed by atoms with Gasteiger partial charge in [-0.25, -0.2) is 0 Å². The normalized spacial score (nSPS) is 15.6. The fourth-order valence-electron chi connectivity index (χ4n) is 3.94. The molecule has 1 fully saturated rings. The summed E-state index contributed by atoms with van der Waals surface area (Å²) in [6.07, 6.45) is 1.52. The number of hydrogen-bond acceptors (Lipinski definition) is 6. The molecule has 2 aromatic carbocycles. The zero-order chi connectivity index (χ0) is 21.9. The Balaban J connectivity index is 1.38. The molecule has 2 aromatic heterocycles. The molecule has 1 atom stereocenters. The molecule has 1 saturated heterocycles. The van der Waals surface area contributed by atoms with Gasteiger partial charge in [-0.3, -0.25) is 9.69 Å². The lowest BCUT2D eigenvalue weighted by Gasteiger charge is -2.37. The van der Waals surface area contributed by atoms with Crippen molar-refractivity contribution in [2.24, 2.45) is 0 Å². The van der Waals surface area contributed by atoms with Crippen LogP contribution in [-0.2, 0) is 0 Å². The van der Waals surface area contributed by atoms with Crippen LogP contribution in [0.4, 0.5) is 0 Å². The van der Waals surface area contributed by atoms with Gasteiger partial charge in [0.25, 0.3) is 5.91 Å². The highest BCUT2D eigenvalue weighted by Crippen LogP contribution is 2.31. The molecule has 4 aromatic rings. The average molecular weight is 449 g/mol. The fourth-order valence-corrected chi connectivity index (χ4v) is 4.06. The Morgan fingerprint density at radius 2 is 1.66 bits per heavy atom. The minimum absolute atomic E-state index is 0.0891. The number of rotatable bonds is 5. The Labute approximate surface area is 190 Å². The summed E-state index contributed by atoms with van der Waals surface area (Å²) < 4.78 is 11.4. The third-order valence-electron chi connectivity index (χ3n) is 5.58. The highest BCUT2D eigenvalue weighted by Gasteiger charge is 2.32. The van der Waals surface area contributed by atoms with Gasteiger partial charge in [0.1, 0.15) is 6.04 Å². The number of aromatic nitrogens is 2. The molecule has 5 rings (SSSR count). The summed E-state index contributed by atoms with van der Waals surface area (Å²) in [4.78, 5) is 16.7. The van der Waals surface area contributed by atoms with Crippen molar-refractivity contribution in [3.05, 3.63) is 95.2 Å². The van der Waals surface area contributed by atoms with E-state index in [9.17, 15) is 4.79 Å². The molecule has 32 heavy (non-hydrogen) atoms. The van der Waals surface area contributed by atoms with Crippen LogP contribution in [-0.4, -0.2) is 52.1 Å². The molecule has 8 heteroatoms. The van der Waals surface area contributed by atoms with E-state index in [4.69, 9.17) is 20.4 Å². The molecule has 0 saturated carbocycles. The molecule has 3 heterocycles. The van der Waals surface area contributed by atoms with Crippen molar-refractivity contribution < 1.29 is 13.6 Å². The molecule has 0 spiro atoms. The molecular formula is C24H21ClN4O3. The number of piperazine rings is 1. The molecule has 1 aliphatic rings. The largest absolute Gasteiger partial charge is 0.459 e. The van der Waals surface area contributed by atoms with Crippen molar-refractivity contribution in [3.63, 3.8) is 0 Å². The van der Waals surface area contributed by atoms with Crippen LogP contribution in [0.5, 0.6) is 0 Å². The average Bonchev–Trinajstić information content (AvgIpc) is 3.54. The third kappa shape index (κ3) is 4.17. The quantitative estimate of drug-likeness (QED) is 0.446. The van der Waals surface area contributed by atoms with Crippen LogP contribution < -0.4 is 0 Å². The van der Waals surface area contributed by atoms with Crippen molar-refractivity contribution in [2.45, 2.75) is 6.04 Å². The number of halogens is 1. The number of amides is 1. The van der Waals surface area contributed by atoms with E-state index in [-0.39, 0.29) is 11.9 Å². The molecule has 1 amide bonds. The van der Waals surface area contributed by atoms with Gasteiger partial charge in [0.2, 0.25) is 11.8 Å². The second kappa shape index (κ2) is 8.98. The Morgan fingerprint density at radius 3 is 2.34 bits per heavy atom. The van der Waals surface area contributed by atoms with Crippen molar-refractivity contribution in [3.8, 4) is 11.5 Å². The van der Waals surface area contributed by atoms with E-state index in [1.54, 1.807) is 24.3 Å². The van der Waals surface area contributed by atoms with Crippen molar-refractivity contribution >= 4 is 17.5 Å². The first-order valence-corrected chi connectivity index (χ1v) is 10.8. The van der Waals surface area contributed by atoms with Crippen LogP contribution in [0.3, 0.4) is 0 Å². The third-order valence-corrected chi connectivity index (χ3v) is 5.83. The van der Waals surface area contributed by atoms with Gasteiger partial charge in [0.15, 0.2) is 5.76 Å². The maximum atomic E-state index is 12.6. The monoisotopic (exact) mass is 448 g/mol. The lowest BCUT2D eigenvalue weighted by Crippen LogP contribution is -2.49. The number of carbonyl (C=O) groups excluding carboxylic acids is 1. The lowest BCUT2D eigenvalue weighted by atomic mass is 10.0. The van der Waals surface area contributed by atoms with E-state index in [1.165, 1.54) is 6.26 Å². The Morgan fingerprint density at radius 1 is 0.906 bits per heavy atom. The number of benzene rings is 2. The lowest BCUT2D eigenvalue weighted by molar-refractivity contribution is 0.0550. The number of carbonyl (C=O) groups is 1. The van der Waals surface area contributed by atoms with Crippen LogP contribution in [0, 0.1) is 0 Å². The summed E-state index contributed by atoms with van der Waals surface area (Å²) in [5.74, 6) is 1.24. The topological polar surface area (TPSA) is 75.6 Å². The van der Waals surface area contributed by atoms with E-state index in [0.29, 0.717) is 48.7 Å². The summed E-state index contributed by atoms with van der Waals surface area (Å²) in [5.41, 5.74) is 1.87. The summed E-state index contributed by atoms with van der Waals surface area (Å²) in [6.45, 7) is 2.51. The van der Waals surface area contributed by atoms with Gasteiger partial charge < -0.3 is 13.7 Å². The summed E-state index contributed by atoms with van der Waals surface area (Å²) in [7, 11) is 0. The Bertz CT molecular complexity index is 1170. The first kappa shape index (κ1) is 20.5. The molecule has 1 unspecified atom stereocenters. The van der Waals surface area contributed by atoms with Crippen LogP contribution in [0.15, 0.2) is 81.8 Å². The van der Waals surface area contributed by atoms with E-state index in [0.717, 1.165) is 11.1 Å². The maximum Gasteiger partial charge on any atom is 0.289 e. The van der Waals surface area contributed by atoms with Gasteiger partial charge in [-0.2, -0.15) is 0 Å². The second-order valence-electron chi connectivity index (χ2n) is 7.57. The van der Waals surface area contributed by atoms with Gasteiger partial charge >= 0.3 is 0 Å². The SMILES string of the molecule is O=C(c1ccco1)N1CCN(C(c2ccccc2)c2nnc(-c3ccc(Cl)cc3)o2)CC1. The standard InChI is InChI=1S/C24H21ClN4O3/c25-19-10-8-18(9-11-19)22-26-27-23(32-22)21(17-5-2-1-3-6-17)28-12-14-29(15-13-28)24(30)20-7-4-16-31-20/h1-11,16,21H,12-15H2. The van der Waals surface area contributed by atoms with E-state index in [1.807, 2.05) is 35.2 Å². The maximum absolute atomic E-state index is 12.6. The van der Waals surface area contributed by atoms with E-state index >= 15 is 0 Å². The minimum Gasteiger partial charge on any atom is -0.459 e. The van der Waals surface area contributed by atoms with Gasteiger partial charge in [-0.05, 0) is 42.0 Å². The number of hydrogen-bond donors (Lipinski definition) is 0. The molecular weight excluding hydrogens is 428 g/mol. The van der Waals surface area contributed by atoms with Gasteiger partial charge in [0, 0.05) is 36.8 Å². The number of furan rings is 1. The summed E-state index contributed by atoms with van der Waals surface area (Å²) in [6, 6.07) is 20.6. The molecule has 0 aliphatic carbocycles. The van der Waals surface area contributed by atoms with Gasteiger partial charge in [-0.1, -0.05) is 41.9 Å². The highest BCUT2D eigenvalue weighted by molar-refractivity contribution is 6.30. The zero-order valence-corrected chi connectivity index (χ0v) is 18.0. The molecule has 1 aliphatic heterocycles. The first-order chi connectivity index (χ1) is 15.7. The number of nitrogens with zero attached hydrogens (tertiary/aromatic N) is 4. The molecule has 0 bridgehead atoms. The van der Waals surface area contributed by atoms with Crippen molar-refractivity contribution in [1.82, 2.24) is 20.0 Å². The molecule has 162 valence electrons. The Kier molecular flexibility index (Phi) is 5.75. The minimum atomic E-state index is -0.203. The Hall–Kier alpha value is -3.42. The molecule has 7 nitrogen and oxygen atoms in total. The van der Waals surface area contributed by atoms with Crippen LogP contribution in [0.1, 0.15) is 28.1 Å². The smallest absolute Gasteiger partial charge is 0.289 e. The van der Waals surface area contributed by atoms with Crippen molar-refractivity contribution in [1.29, 1.82) is 0 Å². The van der Waals surface area contributed by atoms with E-state index < -0.39 is 0 Å². The predicted molar refractivity (Wildman–Crippen MR) is 119 cm³/mol. The second-order valence-corrected chi connectivity index (χ2v) is 8.01. The zero-order valence-electron chi connectivity index (χ0n) is 17.2. The van der Waals surface area contributed by atoms with Crippen LogP contribution >= 0.6 is 11.6 Å². The fraction of sp³-hybridized carbons (Fsp3) is 0.208. The summed E-state index contributed by atoms with van der Waals surface area (Å²) >= 11 is 6.00. The first-order valence-electron chi connectivity index (χ1n) is 10.4. The van der Waals surface area contributed by atoms with Gasteiger partial charge in [0.05, 0.1) is 6.26 Å².